The highest BCUT2D eigenvalue weighted by molar-refractivity contribution is 7.14. The van der Waals surface area contributed by atoms with Gasteiger partial charge in [-0.2, -0.15) is 0 Å². The zero-order chi connectivity index (χ0) is 21.3. The molecule has 1 saturated heterocycles. The Kier molecular flexibility index (Phi) is 6.02. The van der Waals surface area contributed by atoms with Crippen LogP contribution in [-0.4, -0.2) is 46.6 Å². The first-order valence-electron chi connectivity index (χ1n) is 9.48. The molecule has 10 heteroatoms. The van der Waals surface area contributed by atoms with E-state index in [1.807, 2.05) is 0 Å². The smallest absolute Gasteiger partial charge is 0.329 e. The predicted molar refractivity (Wildman–Crippen MR) is 104 cm³/mol. The van der Waals surface area contributed by atoms with E-state index in [0.717, 1.165) is 29.1 Å². The van der Waals surface area contributed by atoms with Crippen molar-refractivity contribution in [2.45, 2.75) is 51.7 Å². The SMILES string of the molecule is C[C@H](OC(=O)[C@H](C)N1C(=O)[C@H]2CCCC[C@H]2C1=O)C(=O)Nc1sccc1C(N)=O. The summed E-state index contributed by atoms with van der Waals surface area (Å²) in [5, 5.41) is 4.35. The molecule has 0 aromatic carbocycles. The van der Waals surface area contributed by atoms with Crippen molar-refractivity contribution in [3.63, 3.8) is 0 Å². The first-order chi connectivity index (χ1) is 13.7. The molecule has 1 aromatic heterocycles. The number of nitrogens with zero attached hydrogens (tertiary/aromatic N) is 1. The van der Waals surface area contributed by atoms with Crippen molar-refractivity contribution in [2.24, 2.45) is 17.6 Å². The van der Waals surface area contributed by atoms with Crippen LogP contribution in [0, 0.1) is 11.8 Å². The highest BCUT2D eigenvalue weighted by Gasteiger charge is 2.51. The molecule has 2 fully saturated rings. The molecule has 1 aliphatic carbocycles. The van der Waals surface area contributed by atoms with Crippen LogP contribution in [0.5, 0.6) is 0 Å². The van der Waals surface area contributed by atoms with Gasteiger partial charge in [-0.15, -0.1) is 11.3 Å². The van der Waals surface area contributed by atoms with Gasteiger partial charge in [-0.05, 0) is 38.1 Å². The molecular formula is C19H23N3O6S. The summed E-state index contributed by atoms with van der Waals surface area (Å²) in [6.07, 6.45) is 1.88. The normalized spacial score (nSPS) is 23.3. The standard InChI is InChI=1S/C19H23N3O6S/c1-9(22-17(25)11-5-3-4-6-12(11)18(22)26)19(27)28-10(2)15(24)21-16-13(14(20)23)7-8-29-16/h7-12H,3-6H2,1-2H3,(H2,20,23)(H,21,24)/t9-,10-,11-,12+/m0/s1. The van der Waals surface area contributed by atoms with Gasteiger partial charge >= 0.3 is 5.97 Å². The van der Waals surface area contributed by atoms with E-state index in [4.69, 9.17) is 10.5 Å². The number of thiophene rings is 1. The molecule has 4 atom stereocenters. The second-order valence-corrected chi connectivity index (χ2v) is 8.23. The molecule has 4 amide bonds. The van der Waals surface area contributed by atoms with E-state index >= 15 is 0 Å². The van der Waals surface area contributed by atoms with Gasteiger partial charge in [0.25, 0.3) is 11.8 Å². The number of likely N-dealkylation sites (tertiary alicyclic amines) is 1. The Hall–Kier alpha value is -2.75. The summed E-state index contributed by atoms with van der Waals surface area (Å²) in [4.78, 5) is 62.3. The molecule has 1 aliphatic heterocycles. The number of hydrogen-bond donors (Lipinski definition) is 2. The summed E-state index contributed by atoms with van der Waals surface area (Å²) >= 11 is 1.11. The number of amides is 4. The summed E-state index contributed by atoms with van der Waals surface area (Å²) in [7, 11) is 0. The Bertz CT molecular complexity index is 842. The van der Waals surface area contributed by atoms with Crippen molar-refractivity contribution < 1.29 is 28.7 Å². The molecule has 2 heterocycles. The summed E-state index contributed by atoms with van der Waals surface area (Å²) in [5.74, 6) is -3.58. The summed E-state index contributed by atoms with van der Waals surface area (Å²) in [5.41, 5.74) is 5.40. The van der Waals surface area contributed by atoms with Crippen molar-refractivity contribution in [1.29, 1.82) is 0 Å². The predicted octanol–water partition coefficient (Wildman–Crippen LogP) is 1.28. The number of anilines is 1. The van der Waals surface area contributed by atoms with Crippen molar-refractivity contribution in [3.05, 3.63) is 17.0 Å². The Morgan fingerprint density at radius 2 is 1.76 bits per heavy atom. The Labute approximate surface area is 171 Å². The number of fused-ring (bicyclic) bond motifs is 1. The Morgan fingerprint density at radius 1 is 1.17 bits per heavy atom. The zero-order valence-electron chi connectivity index (χ0n) is 16.2. The summed E-state index contributed by atoms with van der Waals surface area (Å²) in [6, 6.07) is 0.365. The number of carbonyl (C=O) groups is 5. The molecule has 29 heavy (non-hydrogen) atoms. The van der Waals surface area contributed by atoms with Crippen molar-refractivity contribution in [1.82, 2.24) is 4.90 Å². The van der Waals surface area contributed by atoms with Crippen LogP contribution in [0.3, 0.4) is 0 Å². The maximum absolute atomic E-state index is 12.6. The second-order valence-electron chi connectivity index (χ2n) is 7.32. The highest BCUT2D eigenvalue weighted by Crippen LogP contribution is 2.39. The van der Waals surface area contributed by atoms with Crippen LogP contribution in [0.4, 0.5) is 5.00 Å². The molecule has 0 spiro atoms. The molecule has 3 rings (SSSR count). The number of rotatable bonds is 6. The van der Waals surface area contributed by atoms with Gasteiger partial charge in [0.1, 0.15) is 11.0 Å². The monoisotopic (exact) mass is 421 g/mol. The molecule has 9 nitrogen and oxygen atoms in total. The van der Waals surface area contributed by atoms with E-state index in [2.05, 4.69) is 5.32 Å². The number of nitrogens with one attached hydrogen (secondary N) is 1. The third-order valence-corrected chi connectivity index (χ3v) is 6.26. The Balaban J connectivity index is 1.62. The number of hydrogen-bond acceptors (Lipinski definition) is 7. The number of nitrogens with two attached hydrogens (primary N) is 1. The molecule has 1 saturated carbocycles. The lowest BCUT2D eigenvalue weighted by Gasteiger charge is -2.23. The van der Waals surface area contributed by atoms with Gasteiger partial charge in [0.05, 0.1) is 17.4 Å². The van der Waals surface area contributed by atoms with E-state index in [1.54, 1.807) is 5.38 Å². The lowest BCUT2D eigenvalue weighted by atomic mass is 9.81. The minimum atomic E-state index is -1.19. The molecule has 1 aromatic rings. The fourth-order valence-electron chi connectivity index (χ4n) is 3.81. The van der Waals surface area contributed by atoms with Gasteiger partial charge in [-0.3, -0.25) is 24.1 Å². The van der Waals surface area contributed by atoms with Crippen LogP contribution >= 0.6 is 11.3 Å². The van der Waals surface area contributed by atoms with Crippen LogP contribution in [0.2, 0.25) is 0 Å². The summed E-state index contributed by atoms with van der Waals surface area (Å²) in [6.45, 7) is 2.79. The van der Waals surface area contributed by atoms with Crippen LogP contribution in [0.1, 0.15) is 49.9 Å². The highest BCUT2D eigenvalue weighted by atomic mass is 32.1. The number of ether oxygens (including phenoxy) is 1. The third-order valence-electron chi connectivity index (χ3n) is 5.43. The van der Waals surface area contributed by atoms with E-state index in [9.17, 15) is 24.0 Å². The number of esters is 1. The zero-order valence-corrected chi connectivity index (χ0v) is 17.0. The first-order valence-corrected chi connectivity index (χ1v) is 10.4. The molecule has 0 radical (unpaired) electrons. The molecular weight excluding hydrogens is 398 g/mol. The van der Waals surface area contributed by atoms with Gasteiger partial charge < -0.3 is 15.8 Å². The van der Waals surface area contributed by atoms with Gasteiger partial charge in [-0.1, -0.05) is 12.8 Å². The van der Waals surface area contributed by atoms with Crippen molar-refractivity contribution in [2.75, 3.05) is 5.32 Å². The second kappa shape index (κ2) is 8.32. The van der Waals surface area contributed by atoms with Crippen LogP contribution in [0.15, 0.2) is 11.4 Å². The number of primary amides is 1. The van der Waals surface area contributed by atoms with Crippen LogP contribution < -0.4 is 11.1 Å². The average Bonchev–Trinajstić information content (AvgIpc) is 3.24. The topological polar surface area (TPSA) is 136 Å². The maximum atomic E-state index is 12.6. The van der Waals surface area contributed by atoms with E-state index in [0.29, 0.717) is 12.8 Å². The van der Waals surface area contributed by atoms with E-state index in [-0.39, 0.29) is 34.2 Å². The number of imide groups is 1. The number of carbonyl (C=O) groups excluding carboxylic acids is 5. The molecule has 2 aliphatic rings. The van der Waals surface area contributed by atoms with Crippen LogP contribution in [-0.2, 0) is 23.9 Å². The fraction of sp³-hybridized carbons (Fsp3) is 0.526. The summed E-state index contributed by atoms with van der Waals surface area (Å²) < 4.78 is 5.18. The van der Waals surface area contributed by atoms with Gasteiger partial charge in [-0.25, -0.2) is 4.79 Å². The lowest BCUT2D eigenvalue weighted by molar-refractivity contribution is -0.163. The minimum Gasteiger partial charge on any atom is -0.451 e. The molecule has 156 valence electrons. The van der Waals surface area contributed by atoms with Crippen LogP contribution in [0.25, 0.3) is 0 Å². The van der Waals surface area contributed by atoms with Gasteiger partial charge in [0.2, 0.25) is 11.8 Å². The van der Waals surface area contributed by atoms with Crippen molar-refractivity contribution in [3.8, 4) is 0 Å². The molecule has 0 unspecified atom stereocenters. The average molecular weight is 421 g/mol. The van der Waals surface area contributed by atoms with Crippen molar-refractivity contribution >= 4 is 45.9 Å². The minimum absolute atomic E-state index is 0.158. The lowest BCUT2D eigenvalue weighted by Crippen LogP contribution is -2.46. The maximum Gasteiger partial charge on any atom is 0.329 e. The van der Waals surface area contributed by atoms with E-state index in [1.165, 1.54) is 19.9 Å². The van der Waals surface area contributed by atoms with Gasteiger partial charge in [0.15, 0.2) is 6.10 Å². The first kappa shape index (κ1) is 21.0. The third kappa shape index (κ3) is 4.02. The van der Waals surface area contributed by atoms with Gasteiger partial charge in [0, 0.05) is 0 Å². The largest absolute Gasteiger partial charge is 0.451 e. The fourth-order valence-corrected chi connectivity index (χ4v) is 4.61. The Morgan fingerprint density at radius 3 is 2.31 bits per heavy atom. The quantitative estimate of drug-likeness (QED) is 0.525. The molecule has 3 N–H and O–H groups in total. The van der Waals surface area contributed by atoms with E-state index < -0.39 is 29.9 Å². The molecule has 0 bridgehead atoms.